The Morgan fingerprint density at radius 2 is 1.37 bits per heavy atom. The number of hydrogen-bond acceptors (Lipinski definition) is 4. The summed E-state index contributed by atoms with van der Waals surface area (Å²) in [6, 6.07) is 15.0. The second kappa shape index (κ2) is 11.5. The lowest BCUT2D eigenvalue weighted by Gasteiger charge is -2.33. The van der Waals surface area contributed by atoms with E-state index >= 15 is 0 Å². The van der Waals surface area contributed by atoms with Gasteiger partial charge in [0.25, 0.3) is 0 Å². The summed E-state index contributed by atoms with van der Waals surface area (Å²) in [5.41, 5.74) is -1.21. The maximum absolute atomic E-state index is 9.78. The average molecular weight is 661 g/mol. The molecule has 0 bridgehead atoms. The molecule has 4 heteroatoms. The van der Waals surface area contributed by atoms with Gasteiger partial charge in [-0.1, -0.05) is 127 Å². The smallest absolute Gasteiger partial charge is 0.165 e. The number of thiophene rings is 1. The van der Waals surface area contributed by atoms with Crippen molar-refractivity contribution in [3.8, 4) is 33.9 Å². The summed E-state index contributed by atoms with van der Waals surface area (Å²) in [5, 5.41) is 2.00. The van der Waals surface area contributed by atoms with Gasteiger partial charge in [-0.3, -0.25) is 0 Å². The van der Waals surface area contributed by atoms with E-state index in [1.165, 1.54) is 0 Å². The van der Waals surface area contributed by atoms with Crippen LogP contribution < -0.4 is 0 Å². The first-order valence-electron chi connectivity index (χ1n) is 23.3. The molecule has 232 valence electrons. The lowest BCUT2D eigenvalue weighted by atomic mass is 9.71. The molecule has 0 spiro atoms. The highest BCUT2D eigenvalue weighted by atomic mass is 32.1. The number of aromatic nitrogens is 3. The number of fused-ring (bicyclic) bond motifs is 9. The first-order chi connectivity index (χ1) is 30.5. The van der Waals surface area contributed by atoms with E-state index in [2.05, 4.69) is 0 Å². The fourth-order valence-corrected chi connectivity index (χ4v) is 7.69. The molecule has 0 fully saturated rings. The summed E-state index contributed by atoms with van der Waals surface area (Å²) in [7, 11) is 0. The fourth-order valence-electron chi connectivity index (χ4n) is 6.48. The van der Waals surface area contributed by atoms with Gasteiger partial charge in [-0.15, -0.1) is 11.3 Å². The van der Waals surface area contributed by atoms with E-state index in [0.29, 0.717) is 11.1 Å². The van der Waals surface area contributed by atoms with Crippen molar-refractivity contribution in [2.24, 2.45) is 0 Å². The van der Waals surface area contributed by atoms with Crippen LogP contribution in [0.25, 0.3) is 65.2 Å². The number of benzene rings is 5. The van der Waals surface area contributed by atoms with Crippen molar-refractivity contribution in [1.82, 2.24) is 15.0 Å². The molecule has 49 heavy (non-hydrogen) atoms. The largest absolute Gasteiger partial charge is 0.209 e. The van der Waals surface area contributed by atoms with Gasteiger partial charge < -0.3 is 0 Å². The predicted octanol–water partition coefficient (Wildman–Crippen LogP) is 11.9. The summed E-state index contributed by atoms with van der Waals surface area (Å²) < 4.78 is 138. The van der Waals surface area contributed by atoms with Gasteiger partial charge in [-0.05, 0) is 81.9 Å². The Morgan fingerprint density at radius 1 is 0.633 bits per heavy atom. The fraction of sp³-hybridized carbons (Fsp3) is 0.0889. The molecule has 3 nitrogen and oxygen atoms in total. The second-order valence-corrected chi connectivity index (χ2v) is 12.6. The molecule has 4 atom stereocenters. The van der Waals surface area contributed by atoms with E-state index in [0.717, 1.165) is 20.2 Å². The van der Waals surface area contributed by atoms with Crippen LogP contribution in [0, 0.1) is 0 Å². The Morgan fingerprint density at radius 3 is 2.29 bits per heavy atom. The zero-order valence-corrected chi connectivity index (χ0v) is 26.3. The molecule has 0 saturated carbocycles. The molecule has 0 amide bonds. The van der Waals surface area contributed by atoms with Crippen LogP contribution in [-0.4, -0.2) is 15.0 Å². The van der Waals surface area contributed by atoms with Crippen LogP contribution in [0.15, 0.2) is 156 Å². The molecular formula is C45H31N3S. The minimum Gasteiger partial charge on any atom is -0.209 e. The summed E-state index contributed by atoms with van der Waals surface area (Å²) in [5.74, 6) is -1.25. The molecule has 2 heterocycles. The number of nitrogens with zero attached hydrogens (tertiary/aromatic N) is 3. The van der Waals surface area contributed by atoms with Crippen LogP contribution in [0.5, 0.6) is 0 Å². The molecule has 0 aliphatic heterocycles. The van der Waals surface area contributed by atoms with E-state index in [-0.39, 0.29) is 50.9 Å². The Kier molecular flexibility index (Phi) is 4.00. The van der Waals surface area contributed by atoms with Crippen LogP contribution in [-0.2, 0) is 0 Å². The molecule has 3 aliphatic rings. The van der Waals surface area contributed by atoms with Crippen molar-refractivity contribution in [2.45, 2.75) is 25.1 Å². The predicted molar refractivity (Wildman–Crippen MR) is 204 cm³/mol. The molecule has 7 aromatic rings. The van der Waals surface area contributed by atoms with Crippen LogP contribution in [0.4, 0.5) is 0 Å². The van der Waals surface area contributed by atoms with Crippen molar-refractivity contribution in [2.75, 3.05) is 0 Å². The average Bonchev–Trinajstić information content (AvgIpc) is 3.69. The van der Waals surface area contributed by atoms with Gasteiger partial charge in [-0.25, -0.2) is 15.0 Å². The molecule has 0 radical (unpaired) electrons. The molecule has 4 unspecified atom stereocenters. The highest BCUT2D eigenvalue weighted by Gasteiger charge is 2.30. The van der Waals surface area contributed by atoms with Crippen LogP contribution >= 0.6 is 11.3 Å². The van der Waals surface area contributed by atoms with Gasteiger partial charge in [0.05, 0.1) is 16.4 Å². The molecule has 3 aliphatic carbocycles. The molecule has 0 saturated heterocycles. The van der Waals surface area contributed by atoms with Crippen LogP contribution in [0.1, 0.15) is 62.6 Å². The lowest BCUT2D eigenvalue weighted by Crippen LogP contribution is -2.13. The van der Waals surface area contributed by atoms with Gasteiger partial charge in [-0.2, -0.15) is 0 Å². The SMILES string of the molecule is [2H]C1=C(c2nc(-c3ccccc3)nc(-c3cccc4c3sc3ccccc34)n2)C([2H])C([2H])C([2H])=C1C1=C([2H])C([2H])C2C(=C1[2H])c1c([2H])c([2H])c([2H])c([2H])c1-c1c([2H])c([2H])c([2H])c([2H])c12. The number of hydrogen-bond donors (Lipinski definition) is 0. The standard InChI is InChI=1S/C45H31N3S/c1-2-12-28(13-3-1)43-46-44(48-45(47-43)39-22-11-21-38-37-20-8-9-23-41(37)49-42(38)39)31-15-10-14-29(26-31)30-24-25-36-34-18-5-4-16-32(34)33-17-6-7-19-35(33)40(36)27-30/h1-9,11-14,16-24,26-27,36H,10,15,25H2/i4D,5D,6D,7D,10D,14D,15D,16D,17D,18D,19D,24D,25D,26D,27D. The highest BCUT2D eigenvalue weighted by Crippen LogP contribution is 2.51. The van der Waals surface area contributed by atoms with E-state index in [1.54, 1.807) is 35.6 Å². The topological polar surface area (TPSA) is 38.7 Å². The van der Waals surface area contributed by atoms with E-state index in [1.807, 2.05) is 48.5 Å². The summed E-state index contributed by atoms with van der Waals surface area (Å²) in [6.07, 6.45) is -5.12. The van der Waals surface area contributed by atoms with Gasteiger partial charge in [0.2, 0.25) is 0 Å². The van der Waals surface area contributed by atoms with Crippen molar-refractivity contribution in [3.05, 3.63) is 173 Å². The maximum atomic E-state index is 9.78. The first kappa shape index (κ1) is 17.1. The molecule has 10 rings (SSSR count). The Labute approximate surface area is 310 Å². The first-order valence-corrected chi connectivity index (χ1v) is 16.4. The third kappa shape index (κ3) is 4.74. The monoisotopic (exact) mass is 660 g/mol. The number of rotatable bonds is 4. The zero-order valence-electron chi connectivity index (χ0n) is 40.5. The van der Waals surface area contributed by atoms with Gasteiger partial charge in [0, 0.05) is 41.3 Å². The van der Waals surface area contributed by atoms with Crippen LogP contribution in [0.2, 0.25) is 0 Å². The normalized spacial score (nSPS) is 26.2. The second-order valence-electron chi connectivity index (χ2n) is 11.6. The molecular weight excluding hydrogens is 615 g/mol. The summed E-state index contributed by atoms with van der Waals surface area (Å²) in [4.78, 5) is 14.5. The van der Waals surface area contributed by atoms with Crippen molar-refractivity contribution >= 4 is 42.7 Å². The maximum Gasteiger partial charge on any atom is 0.165 e. The highest BCUT2D eigenvalue weighted by molar-refractivity contribution is 7.26. The Hall–Kier alpha value is -5.71. The third-order valence-corrected chi connectivity index (χ3v) is 9.96. The van der Waals surface area contributed by atoms with E-state index < -0.39 is 109 Å². The van der Waals surface area contributed by atoms with Crippen molar-refractivity contribution in [3.63, 3.8) is 0 Å². The lowest BCUT2D eigenvalue weighted by molar-refractivity contribution is 0.860. The van der Waals surface area contributed by atoms with Gasteiger partial charge >= 0.3 is 0 Å². The third-order valence-electron chi connectivity index (χ3n) is 8.74. The Bertz CT molecular complexity index is 3380. The molecule has 0 N–H and O–H groups in total. The van der Waals surface area contributed by atoms with Gasteiger partial charge in [0.15, 0.2) is 17.5 Å². The molecule has 5 aromatic carbocycles. The van der Waals surface area contributed by atoms with E-state index in [4.69, 9.17) is 25.9 Å². The quantitative estimate of drug-likeness (QED) is 0.189. The van der Waals surface area contributed by atoms with Crippen molar-refractivity contribution < 1.29 is 20.6 Å². The van der Waals surface area contributed by atoms with Crippen molar-refractivity contribution in [1.29, 1.82) is 0 Å². The zero-order chi connectivity index (χ0) is 45.4. The van der Waals surface area contributed by atoms with Crippen LogP contribution in [0.3, 0.4) is 0 Å². The van der Waals surface area contributed by atoms with Gasteiger partial charge in [0.1, 0.15) is 0 Å². The summed E-state index contributed by atoms with van der Waals surface area (Å²) >= 11 is 1.55. The minimum atomic E-state index is -1.78. The Balaban J connectivity index is 1.24. The molecule has 2 aromatic heterocycles. The van der Waals surface area contributed by atoms with E-state index in [9.17, 15) is 9.60 Å². The number of allylic oxidation sites excluding steroid dienone is 8. The summed E-state index contributed by atoms with van der Waals surface area (Å²) in [6.45, 7) is 0. The minimum absolute atomic E-state index is 0.154.